The molecule has 0 spiro atoms. The van der Waals surface area contributed by atoms with Crippen molar-refractivity contribution in [2.45, 2.75) is 44.3 Å². The second-order valence-electron chi connectivity index (χ2n) is 10.3. The van der Waals surface area contributed by atoms with Crippen LogP contribution in [0.15, 0.2) is 113 Å². The SMILES string of the molecule is CC1=C(C)C(C)C2=C1[CH]([Ti]([O]C(=O)c1ccccc1)([O]C(=O)c1ccccc1)[O]C(=O)c1ccccc1)CCC2. The average Bonchev–Trinajstić information content (AvgIpc) is 3.22. The fourth-order valence-corrected chi connectivity index (χ4v) is 10.3. The van der Waals surface area contributed by atoms with Crippen LogP contribution in [0.5, 0.6) is 0 Å². The van der Waals surface area contributed by atoms with Gasteiger partial charge in [0.1, 0.15) is 0 Å². The Hall–Kier alpha value is -3.74. The molecule has 0 saturated carbocycles. The van der Waals surface area contributed by atoms with Crippen LogP contribution in [-0.2, 0) is 27.7 Å². The number of carbonyl (C=O) groups is 3. The number of rotatable bonds is 7. The Morgan fingerprint density at radius 2 is 1.07 bits per heavy atom. The Morgan fingerprint density at radius 3 is 1.48 bits per heavy atom. The first-order chi connectivity index (χ1) is 19.3. The van der Waals surface area contributed by atoms with Gasteiger partial charge in [-0.25, -0.2) is 0 Å². The van der Waals surface area contributed by atoms with Gasteiger partial charge in [-0.05, 0) is 0 Å². The van der Waals surface area contributed by atoms with E-state index in [0.29, 0.717) is 6.42 Å². The molecule has 0 fully saturated rings. The zero-order valence-electron chi connectivity index (χ0n) is 22.9. The van der Waals surface area contributed by atoms with E-state index in [9.17, 15) is 14.4 Å². The first kappa shape index (κ1) is 27.8. The predicted molar refractivity (Wildman–Crippen MR) is 148 cm³/mol. The van der Waals surface area contributed by atoms with Gasteiger partial charge in [-0.1, -0.05) is 0 Å². The summed E-state index contributed by atoms with van der Waals surface area (Å²) >= 11 is -5.20. The van der Waals surface area contributed by atoms with Crippen molar-refractivity contribution >= 4 is 17.9 Å². The Balaban J connectivity index is 1.67. The van der Waals surface area contributed by atoms with E-state index < -0.39 is 39.9 Å². The molecule has 0 radical (unpaired) electrons. The molecule has 0 aliphatic heterocycles. The normalized spacial score (nSPS) is 18.7. The fourth-order valence-electron chi connectivity index (χ4n) is 5.67. The Kier molecular flexibility index (Phi) is 8.20. The van der Waals surface area contributed by atoms with Crippen molar-refractivity contribution in [2.24, 2.45) is 5.92 Å². The van der Waals surface area contributed by atoms with Gasteiger partial charge in [0.05, 0.1) is 0 Å². The van der Waals surface area contributed by atoms with Gasteiger partial charge in [0.25, 0.3) is 0 Å². The van der Waals surface area contributed by atoms with Crippen molar-refractivity contribution in [2.75, 3.05) is 0 Å². The van der Waals surface area contributed by atoms with Crippen LogP contribution in [0.4, 0.5) is 0 Å². The van der Waals surface area contributed by atoms with Gasteiger partial charge in [0.2, 0.25) is 0 Å². The zero-order valence-corrected chi connectivity index (χ0v) is 24.4. The molecule has 3 aromatic carbocycles. The first-order valence-electron chi connectivity index (χ1n) is 13.6. The van der Waals surface area contributed by atoms with Crippen LogP contribution in [0.25, 0.3) is 0 Å². The van der Waals surface area contributed by atoms with E-state index >= 15 is 0 Å². The number of hydrogen-bond donors (Lipinski definition) is 0. The monoisotopic (exact) mass is 572 g/mol. The quantitative estimate of drug-likeness (QED) is 0.270. The summed E-state index contributed by atoms with van der Waals surface area (Å²) < 4.78 is 18.3. The van der Waals surface area contributed by atoms with Gasteiger partial charge in [-0.2, -0.15) is 0 Å². The summed E-state index contributed by atoms with van der Waals surface area (Å²) in [5.41, 5.74) is 5.44. The molecule has 0 bridgehead atoms. The molecule has 0 aromatic heterocycles. The van der Waals surface area contributed by atoms with Gasteiger partial charge in [-0.15, -0.1) is 0 Å². The Morgan fingerprint density at radius 1 is 0.675 bits per heavy atom. The molecule has 2 atom stereocenters. The van der Waals surface area contributed by atoms with Crippen LogP contribution in [0.3, 0.4) is 0 Å². The minimum absolute atomic E-state index is 0.220. The van der Waals surface area contributed by atoms with Crippen molar-refractivity contribution in [3.05, 3.63) is 130 Å². The van der Waals surface area contributed by atoms with Crippen LogP contribution in [0.1, 0.15) is 71.1 Å². The zero-order chi connectivity index (χ0) is 28.3. The van der Waals surface area contributed by atoms with Crippen molar-refractivity contribution in [1.29, 1.82) is 0 Å². The van der Waals surface area contributed by atoms with E-state index in [1.165, 1.54) is 11.1 Å². The predicted octanol–water partition coefficient (Wildman–Crippen LogP) is 7.71. The molecule has 0 amide bonds. The first-order valence-corrected chi connectivity index (χ1v) is 16.4. The second-order valence-corrected chi connectivity index (χ2v) is 14.2. The van der Waals surface area contributed by atoms with Crippen molar-refractivity contribution in [1.82, 2.24) is 0 Å². The minimum atomic E-state index is -5.20. The molecule has 5 rings (SSSR count). The van der Waals surface area contributed by atoms with E-state index in [0.717, 1.165) is 24.0 Å². The number of allylic oxidation sites excluding steroid dienone is 4. The van der Waals surface area contributed by atoms with Gasteiger partial charge >= 0.3 is 240 Å². The van der Waals surface area contributed by atoms with Gasteiger partial charge in [0, 0.05) is 0 Å². The molecule has 0 saturated heterocycles. The number of benzene rings is 3. The summed E-state index contributed by atoms with van der Waals surface area (Å²) in [5.74, 6) is -1.82. The van der Waals surface area contributed by atoms with Crippen LogP contribution >= 0.6 is 0 Å². The summed E-state index contributed by atoms with van der Waals surface area (Å²) in [5, 5.41) is 0. The molecule has 0 heterocycles. The molecule has 2 aliphatic rings. The number of hydrogen-bond acceptors (Lipinski definition) is 6. The summed E-state index contributed by atoms with van der Waals surface area (Å²) in [7, 11) is 0. The summed E-state index contributed by atoms with van der Waals surface area (Å²) in [6.07, 6.45) is 2.27. The molecule has 40 heavy (non-hydrogen) atoms. The van der Waals surface area contributed by atoms with E-state index in [1.807, 2.05) is 0 Å². The summed E-state index contributed by atoms with van der Waals surface area (Å²) in [4.78, 5) is 41.0. The fraction of sp³-hybridized carbons (Fsp3) is 0.242. The third-order valence-corrected chi connectivity index (χ3v) is 12.4. The summed E-state index contributed by atoms with van der Waals surface area (Å²) in [6.45, 7) is 6.32. The molecular weight excluding hydrogens is 540 g/mol. The molecule has 204 valence electrons. The van der Waals surface area contributed by atoms with E-state index in [-0.39, 0.29) is 22.6 Å². The molecule has 2 aliphatic carbocycles. The van der Waals surface area contributed by atoms with Gasteiger partial charge in [0.15, 0.2) is 0 Å². The second kappa shape index (κ2) is 11.8. The average molecular weight is 572 g/mol. The standard InChI is InChI=1S/C12H17.3C7H6O2.Ti/c1-8-9(2)11-6-4-5-7-12(11)10(8)3;3*8-7(9)6-4-2-1-3-5-6;/h6,10H,4-5,7H2,1-3H3;3*1-5H,(H,8,9);/q;;;;+3/p-3. The van der Waals surface area contributed by atoms with Crippen LogP contribution < -0.4 is 0 Å². The van der Waals surface area contributed by atoms with Crippen LogP contribution in [0, 0.1) is 5.92 Å². The van der Waals surface area contributed by atoms with Gasteiger partial charge < -0.3 is 0 Å². The van der Waals surface area contributed by atoms with Crippen molar-refractivity contribution in [3.63, 3.8) is 0 Å². The topological polar surface area (TPSA) is 78.9 Å². The molecule has 3 aromatic rings. The maximum absolute atomic E-state index is 13.7. The van der Waals surface area contributed by atoms with Gasteiger partial charge in [-0.3, -0.25) is 0 Å². The van der Waals surface area contributed by atoms with Crippen LogP contribution in [0.2, 0.25) is 4.22 Å². The maximum atomic E-state index is 13.7. The van der Waals surface area contributed by atoms with Crippen LogP contribution in [-0.4, -0.2) is 17.9 Å². The molecular formula is C33H32O6Ti. The number of carbonyl (C=O) groups excluding carboxylic acids is 3. The third-order valence-electron chi connectivity index (χ3n) is 7.96. The summed E-state index contributed by atoms with van der Waals surface area (Å²) in [6, 6.07) is 25.6. The van der Waals surface area contributed by atoms with Crippen molar-refractivity contribution in [3.8, 4) is 0 Å². The van der Waals surface area contributed by atoms with E-state index in [4.69, 9.17) is 9.96 Å². The molecule has 0 N–H and O–H groups in total. The molecule has 2 unspecified atom stereocenters. The molecule has 6 nitrogen and oxygen atoms in total. The Labute approximate surface area is 239 Å². The van der Waals surface area contributed by atoms with Crippen molar-refractivity contribution < 1.29 is 42.1 Å². The third kappa shape index (κ3) is 5.47. The van der Waals surface area contributed by atoms with E-state index in [2.05, 4.69) is 20.8 Å². The van der Waals surface area contributed by atoms with E-state index in [1.54, 1.807) is 91.0 Å². The molecule has 7 heteroatoms. The Bertz CT molecular complexity index is 1350.